The molecule has 1 aromatic heterocycles. The SMILES string of the molecule is O=C(Nc1cccc(C(=O)N(Cc2cccnc2)C2CC2)c1)[C@@H]1CCCO1. The average molecular weight is 365 g/mol. The smallest absolute Gasteiger partial charge is 0.254 e. The van der Waals surface area contributed by atoms with E-state index in [4.69, 9.17) is 4.74 Å². The maximum Gasteiger partial charge on any atom is 0.254 e. The summed E-state index contributed by atoms with van der Waals surface area (Å²) in [5, 5.41) is 2.87. The van der Waals surface area contributed by atoms with Gasteiger partial charge in [0.2, 0.25) is 0 Å². The zero-order chi connectivity index (χ0) is 18.6. The van der Waals surface area contributed by atoms with Crippen molar-refractivity contribution in [1.29, 1.82) is 0 Å². The lowest BCUT2D eigenvalue weighted by atomic mass is 10.1. The van der Waals surface area contributed by atoms with Crippen LogP contribution in [0.5, 0.6) is 0 Å². The van der Waals surface area contributed by atoms with Gasteiger partial charge in [-0.15, -0.1) is 0 Å². The highest BCUT2D eigenvalue weighted by molar-refractivity contribution is 5.98. The molecular weight excluding hydrogens is 342 g/mol. The third-order valence-electron chi connectivity index (χ3n) is 4.92. The molecule has 1 saturated heterocycles. The Kier molecular flexibility index (Phi) is 5.16. The molecule has 0 radical (unpaired) electrons. The number of anilines is 1. The van der Waals surface area contributed by atoms with Gasteiger partial charge in [-0.3, -0.25) is 14.6 Å². The summed E-state index contributed by atoms with van der Waals surface area (Å²) in [6.45, 7) is 1.17. The van der Waals surface area contributed by atoms with Gasteiger partial charge in [-0.2, -0.15) is 0 Å². The molecule has 1 saturated carbocycles. The fourth-order valence-electron chi connectivity index (χ4n) is 3.34. The van der Waals surface area contributed by atoms with Gasteiger partial charge in [0.15, 0.2) is 0 Å². The molecule has 2 fully saturated rings. The fourth-order valence-corrected chi connectivity index (χ4v) is 3.34. The van der Waals surface area contributed by atoms with E-state index in [9.17, 15) is 9.59 Å². The molecule has 2 aliphatic rings. The Morgan fingerprint density at radius 1 is 1.19 bits per heavy atom. The first-order chi connectivity index (χ1) is 13.2. The minimum atomic E-state index is -0.391. The lowest BCUT2D eigenvalue weighted by Gasteiger charge is -2.23. The largest absolute Gasteiger partial charge is 0.368 e. The molecule has 2 amide bonds. The first-order valence-electron chi connectivity index (χ1n) is 9.43. The lowest BCUT2D eigenvalue weighted by molar-refractivity contribution is -0.124. The predicted molar refractivity (Wildman–Crippen MR) is 101 cm³/mol. The summed E-state index contributed by atoms with van der Waals surface area (Å²) >= 11 is 0. The summed E-state index contributed by atoms with van der Waals surface area (Å²) in [5.74, 6) is -0.166. The molecule has 4 rings (SSSR count). The van der Waals surface area contributed by atoms with Crippen LogP contribution in [0.3, 0.4) is 0 Å². The van der Waals surface area contributed by atoms with Crippen molar-refractivity contribution in [1.82, 2.24) is 9.88 Å². The number of rotatable bonds is 6. The molecule has 0 unspecified atom stereocenters. The van der Waals surface area contributed by atoms with E-state index < -0.39 is 6.10 Å². The third kappa shape index (κ3) is 4.34. The number of benzene rings is 1. The van der Waals surface area contributed by atoms with Crippen LogP contribution in [0.15, 0.2) is 48.8 Å². The van der Waals surface area contributed by atoms with E-state index in [0.717, 1.165) is 31.2 Å². The molecule has 2 heterocycles. The van der Waals surface area contributed by atoms with E-state index in [0.29, 0.717) is 24.4 Å². The van der Waals surface area contributed by atoms with Crippen LogP contribution in [-0.4, -0.2) is 40.5 Å². The summed E-state index contributed by atoms with van der Waals surface area (Å²) in [4.78, 5) is 31.4. The Hall–Kier alpha value is -2.73. The number of carbonyl (C=O) groups excluding carboxylic acids is 2. The molecule has 27 heavy (non-hydrogen) atoms. The summed E-state index contributed by atoms with van der Waals surface area (Å²) in [6.07, 6.45) is 6.83. The highest BCUT2D eigenvalue weighted by Gasteiger charge is 2.33. The van der Waals surface area contributed by atoms with Crippen molar-refractivity contribution in [2.24, 2.45) is 0 Å². The number of amides is 2. The van der Waals surface area contributed by atoms with Gasteiger partial charge in [-0.25, -0.2) is 0 Å². The predicted octanol–water partition coefficient (Wildman–Crippen LogP) is 3.00. The Labute approximate surface area is 158 Å². The van der Waals surface area contributed by atoms with Crippen molar-refractivity contribution >= 4 is 17.5 Å². The number of ether oxygens (including phenoxy) is 1. The van der Waals surface area contributed by atoms with Gasteiger partial charge in [0.25, 0.3) is 11.8 Å². The van der Waals surface area contributed by atoms with Crippen LogP contribution in [0.25, 0.3) is 0 Å². The van der Waals surface area contributed by atoms with Crippen LogP contribution in [0.2, 0.25) is 0 Å². The van der Waals surface area contributed by atoms with E-state index in [1.807, 2.05) is 17.0 Å². The molecule has 140 valence electrons. The van der Waals surface area contributed by atoms with Crippen molar-refractivity contribution in [3.05, 3.63) is 59.9 Å². The van der Waals surface area contributed by atoms with Gasteiger partial charge < -0.3 is 15.0 Å². The first-order valence-corrected chi connectivity index (χ1v) is 9.43. The highest BCUT2D eigenvalue weighted by Crippen LogP contribution is 2.30. The van der Waals surface area contributed by atoms with Gasteiger partial charge in [-0.05, 0) is 55.5 Å². The molecule has 1 aromatic carbocycles. The Balaban J connectivity index is 1.47. The topological polar surface area (TPSA) is 71.5 Å². The first kappa shape index (κ1) is 17.7. The Morgan fingerprint density at radius 3 is 2.78 bits per heavy atom. The van der Waals surface area contributed by atoms with Gasteiger partial charge in [0.05, 0.1) is 0 Å². The number of nitrogens with zero attached hydrogens (tertiary/aromatic N) is 2. The maximum absolute atomic E-state index is 13.1. The van der Waals surface area contributed by atoms with Crippen molar-refractivity contribution in [3.63, 3.8) is 0 Å². The number of carbonyl (C=O) groups is 2. The van der Waals surface area contributed by atoms with Crippen LogP contribution >= 0.6 is 0 Å². The third-order valence-corrected chi connectivity index (χ3v) is 4.92. The van der Waals surface area contributed by atoms with Gasteiger partial charge in [-0.1, -0.05) is 12.1 Å². The second-order valence-electron chi connectivity index (χ2n) is 7.10. The van der Waals surface area contributed by atoms with Crippen LogP contribution in [0.4, 0.5) is 5.69 Å². The fraction of sp³-hybridized carbons (Fsp3) is 0.381. The van der Waals surface area contributed by atoms with Gasteiger partial charge >= 0.3 is 0 Å². The van der Waals surface area contributed by atoms with E-state index in [2.05, 4.69) is 10.3 Å². The Bertz CT molecular complexity index is 814. The lowest BCUT2D eigenvalue weighted by Crippen LogP contribution is -2.32. The van der Waals surface area contributed by atoms with Gasteiger partial charge in [0, 0.05) is 42.8 Å². The zero-order valence-electron chi connectivity index (χ0n) is 15.1. The van der Waals surface area contributed by atoms with Crippen molar-refractivity contribution in [2.75, 3.05) is 11.9 Å². The monoisotopic (exact) mass is 365 g/mol. The number of pyridine rings is 1. The molecule has 6 heteroatoms. The number of aromatic nitrogens is 1. The van der Waals surface area contributed by atoms with E-state index in [1.165, 1.54) is 0 Å². The van der Waals surface area contributed by atoms with Crippen molar-refractivity contribution in [3.8, 4) is 0 Å². The molecule has 1 N–H and O–H groups in total. The number of hydrogen-bond donors (Lipinski definition) is 1. The van der Waals surface area contributed by atoms with Crippen LogP contribution in [-0.2, 0) is 16.1 Å². The molecule has 1 aliphatic heterocycles. The maximum atomic E-state index is 13.1. The van der Waals surface area contributed by atoms with Crippen LogP contribution < -0.4 is 5.32 Å². The minimum Gasteiger partial charge on any atom is -0.368 e. The second kappa shape index (κ2) is 7.88. The van der Waals surface area contributed by atoms with E-state index >= 15 is 0 Å². The van der Waals surface area contributed by atoms with Crippen LogP contribution in [0.1, 0.15) is 41.6 Å². The number of hydrogen-bond acceptors (Lipinski definition) is 4. The van der Waals surface area contributed by atoms with E-state index in [-0.39, 0.29) is 17.9 Å². The molecule has 1 atom stereocenters. The standard InChI is InChI=1S/C21H23N3O3/c25-20(19-7-3-11-27-19)23-17-6-1-5-16(12-17)21(26)24(18-8-9-18)14-15-4-2-10-22-13-15/h1-2,4-6,10,12-13,18-19H,3,7-9,11,14H2,(H,23,25)/t19-/m0/s1. The second-order valence-corrected chi connectivity index (χ2v) is 7.10. The summed E-state index contributed by atoms with van der Waals surface area (Å²) < 4.78 is 5.42. The summed E-state index contributed by atoms with van der Waals surface area (Å²) in [6, 6.07) is 11.3. The average Bonchev–Trinajstić information content (AvgIpc) is 3.39. The molecule has 2 aromatic rings. The molecule has 0 spiro atoms. The van der Waals surface area contributed by atoms with Crippen molar-refractivity contribution < 1.29 is 14.3 Å². The van der Waals surface area contributed by atoms with Gasteiger partial charge in [0.1, 0.15) is 6.10 Å². The Morgan fingerprint density at radius 2 is 2.07 bits per heavy atom. The molecule has 1 aliphatic carbocycles. The summed E-state index contributed by atoms with van der Waals surface area (Å²) in [5.41, 5.74) is 2.22. The minimum absolute atomic E-state index is 0.0189. The van der Waals surface area contributed by atoms with E-state index in [1.54, 1.807) is 36.7 Å². The van der Waals surface area contributed by atoms with Crippen molar-refractivity contribution in [2.45, 2.75) is 44.4 Å². The number of nitrogens with one attached hydrogen (secondary N) is 1. The quantitative estimate of drug-likeness (QED) is 0.854. The highest BCUT2D eigenvalue weighted by atomic mass is 16.5. The van der Waals surface area contributed by atoms with Crippen LogP contribution in [0, 0.1) is 0 Å². The molecule has 0 bridgehead atoms. The normalized spacial score (nSPS) is 18.9. The summed E-state index contributed by atoms with van der Waals surface area (Å²) in [7, 11) is 0. The zero-order valence-corrected chi connectivity index (χ0v) is 15.1. The molecule has 6 nitrogen and oxygen atoms in total. The molecular formula is C21H23N3O3.